The summed E-state index contributed by atoms with van der Waals surface area (Å²) >= 11 is 6.28. The van der Waals surface area contributed by atoms with Crippen LogP contribution in [0.5, 0.6) is 0 Å². The molecule has 38 heavy (non-hydrogen) atoms. The number of nitrogens with zero attached hydrogens (tertiary/aromatic N) is 6. The first-order chi connectivity index (χ1) is 18.0. The highest BCUT2D eigenvalue weighted by molar-refractivity contribution is 6.31. The molecule has 1 aliphatic heterocycles. The Morgan fingerprint density at radius 1 is 0.947 bits per heavy atom. The predicted octanol–water partition coefficient (Wildman–Crippen LogP) is 3.62. The molecule has 2 aromatic carbocycles. The third-order valence-corrected chi connectivity index (χ3v) is 7.16. The van der Waals surface area contributed by atoms with Crippen LogP contribution in [0.3, 0.4) is 0 Å². The Balaban J connectivity index is 1.54. The largest absolute Gasteiger partial charge is 0.416 e. The number of halogens is 5. The first-order valence-electron chi connectivity index (χ1n) is 11.7. The number of alkyl halides is 3. The Labute approximate surface area is 218 Å². The first kappa shape index (κ1) is 25.8. The number of rotatable bonds is 4. The summed E-state index contributed by atoms with van der Waals surface area (Å²) in [5.74, 6) is -0.220. The fraction of sp³-hybridized carbons (Fsp3) is 0.320. The van der Waals surface area contributed by atoms with Crippen LogP contribution in [-0.2, 0) is 26.8 Å². The van der Waals surface area contributed by atoms with Crippen molar-refractivity contribution in [1.82, 2.24) is 18.7 Å². The molecule has 8 nitrogen and oxygen atoms in total. The van der Waals surface area contributed by atoms with Crippen molar-refractivity contribution in [3.8, 4) is 0 Å². The van der Waals surface area contributed by atoms with Crippen molar-refractivity contribution in [2.45, 2.75) is 12.7 Å². The molecule has 0 spiro atoms. The van der Waals surface area contributed by atoms with Gasteiger partial charge in [-0.3, -0.25) is 18.5 Å². The smallest absolute Gasteiger partial charge is 0.368 e. The number of piperazine rings is 1. The standard InChI is InChI=1S/C25H23ClF4N6O2/c1-32-21-20(22(37)33(2)24(32)38)36(14-17-18(26)7-4-8-19(17)27)23(31-21)35-11-9-34(10-12-35)16-6-3-5-15(13-16)25(28,29)30/h3-8,13H,9-12,14H2,1-2H3. The number of aromatic nitrogens is 4. The van der Waals surface area contributed by atoms with E-state index in [0.29, 0.717) is 37.8 Å². The lowest BCUT2D eigenvalue weighted by Crippen LogP contribution is -2.47. The molecule has 2 aromatic heterocycles. The van der Waals surface area contributed by atoms with Gasteiger partial charge in [0.25, 0.3) is 5.56 Å². The average molecular weight is 551 g/mol. The number of benzene rings is 2. The number of hydrogen-bond donors (Lipinski definition) is 0. The number of anilines is 2. The van der Waals surface area contributed by atoms with Gasteiger partial charge in [-0.05, 0) is 30.3 Å². The zero-order chi connectivity index (χ0) is 27.4. The zero-order valence-corrected chi connectivity index (χ0v) is 21.2. The molecule has 0 saturated carbocycles. The Morgan fingerprint density at radius 2 is 1.61 bits per heavy atom. The molecular weight excluding hydrogens is 528 g/mol. The van der Waals surface area contributed by atoms with E-state index in [4.69, 9.17) is 11.6 Å². The van der Waals surface area contributed by atoms with Crippen LogP contribution in [0, 0.1) is 5.82 Å². The molecule has 4 aromatic rings. The van der Waals surface area contributed by atoms with Crippen LogP contribution >= 0.6 is 11.6 Å². The zero-order valence-electron chi connectivity index (χ0n) is 20.5. The van der Waals surface area contributed by atoms with E-state index in [1.54, 1.807) is 16.7 Å². The third-order valence-electron chi connectivity index (χ3n) is 6.81. The number of aryl methyl sites for hydroxylation is 1. The van der Waals surface area contributed by atoms with Crippen LogP contribution in [0.1, 0.15) is 11.1 Å². The van der Waals surface area contributed by atoms with Gasteiger partial charge in [0.05, 0.1) is 12.1 Å². The molecule has 0 atom stereocenters. The van der Waals surface area contributed by atoms with Crippen molar-refractivity contribution < 1.29 is 17.6 Å². The van der Waals surface area contributed by atoms with Crippen LogP contribution in [-0.4, -0.2) is 44.9 Å². The molecule has 200 valence electrons. The second kappa shape index (κ2) is 9.50. The lowest BCUT2D eigenvalue weighted by atomic mass is 10.1. The van der Waals surface area contributed by atoms with Gasteiger partial charge in [0.15, 0.2) is 11.2 Å². The van der Waals surface area contributed by atoms with E-state index in [1.165, 1.54) is 36.9 Å². The Bertz CT molecular complexity index is 1630. The van der Waals surface area contributed by atoms with E-state index in [-0.39, 0.29) is 28.3 Å². The second-order valence-electron chi connectivity index (χ2n) is 9.10. The maximum atomic E-state index is 14.7. The molecule has 1 saturated heterocycles. The molecule has 0 unspecified atom stereocenters. The van der Waals surface area contributed by atoms with Crippen molar-refractivity contribution >= 4 is 34.4 Å². The first-order valence-corrected chi connectivity index (χ1v) is 12.1. The quantitative estimate of drug-likeness (QED) is 0.363. The third kappa shape index (κ3) is 4.42. The molecule has 13 heteroatoms. The monoisotopic (exact) mass is 550 g/mol. The summed E-state index contributed by atoms with van der Waals surface area (Å²) in [6.07, 6.45) is -4.45. The van der Waals surface area contributed by atoms with E-state index < -0.39 is 28.8 Å². The molecule has 0 radical (unpaired) electrons. The minimum atomic E-state index is -4.45. The Kier molecular flexibility index (Phi) is 6.46. The van der Waals surface area contributed by atoms with Gasteiger partial charge in [0, 0.05) is 56.5 Å². The summed E-state index contributed by atoms with van der Waals surface area (Å²) in [5.41, 5.74) is -1.01. The fourth-order valence-electron chi connectivity index (χ4n) is 4.71. The van der Waals surface area contributed by atoms with Gasteiger partial charge in [0.2, 0.25) is 5.95 Å². The van der Waals surface area contributed by atoms with Crippen molar-refractivity contribution in [1.29, 1.82) is 0 Å². The van der Waals surface area contributed by atoms with Gasteiger partial charge in [-0.1, -0.05) is 23.7 Å². The molecular formula is C25H23ClF4N6O2. The molecule has 3 heterocycles. The molecule has 0 amide bonds. The maximum Gasteiger partial charge on any atom is 0.416 e. The molecule has 5 rings (SSSR count). The van der Waals surface area contributed by atoms with E-state index in [1.807, 2.05) is 9.80 Å². The van der Waals surface area contributed by atoms with Gasteiger partial charge in [-0.25, -0.2) is 9.18 Å². The van der Waals surface area contributed by atoms with Crippen molar-refractivity contribution in [3.05, 3.63) is 85.3 Å². The predicted molar refractivity (Wildman–Crippen MR) is 137 cm³/mol. The summed E-state index contributed by atoms with van der Waals surface area (Å²) in [6.45, 7) is 1.36. The van der Waals surface area contributed by atoms with E-state index in [9.17, 15) is 27.2 Å². The van der Waals surface area contributed by atoms with E-state index >= 15 is 0 Å². The van der Waals surface area contributed by atoms with Gasteiger partial charge in [-0.2, -0.15) is 18.2 Å². The summed E-state index contributed by atoms with van der Waals surface area (Å²) < 4.78 is 58.1. The summed E-state index contributed by atoms with van der Waals surface area (Å²) in [7, 11) is 2.85. The van der Waals surface area contributed by atoms with Crippen LogP contribution in [0.2, 0.25) is 5.02 Å². The number of hydrogen-bond acceptors (Lipinski definition) is 5. The second-order valence-corrected chi connectivity index (χ2v) is 9.51. The summed E-state index contributed by atoms with van der Waals surface area (Å²) in [6, 6.07) is 9.43. The minimum Gasteiger partial charge on any atom is -0.368 e. The lowest BCUT2D eigenvalue weighted by molar-refractivity contribution is -0.137. The minimum absolute atomic E-state index is 0.112. The van der Waals surface area contributed by atoms with Crippen molar-refractivity contribution in [3.63, 3.8) is 0 Å². The molecule has 1 aliphatic rings. The molecule has 0 N–H and O–H groups in total. The van der Waals surface area contributed by atoms with Gasteiger partial charge >= 0.3 is 11.9 Å². The van der Waals surface area contributed by atoms with Gasteiger partial charge in [0.1, 0.15) is 5.82 Å². The topological polar surface area (TPSA) is 68.3 Å². The van der Waals surface area contributed by atoms with Crippen LogP contribution in [0.4, 0.5) is 29.2 Å². The van der Waals surface area contributed by atoms with Crippen molar-refractivity contribution in [2.75, 3.05) is 36.0 Å². The summed E-state index contributed by atoms with van der Waals surface area (Å²) in [4.78, 5) is 34.0. The van der Waals surface area contributed by atoms with E-state index in [0.717, 1.165) is 16.7 Å². The van der Waals surface area contributed by atoms with Gasteiger partial charge < -0.3 is 9.80 Å². The van der Waals surface area contributed by atoms with Crippen LogP contribution < -0.4 is 21.0 Å². The molecule has 1 fully saturated rings. The SMILES string of the molecule is Cn1c(=O)c2c(nc(N3CCN(c4cccc(C(F)(F)F)c4)CC3)n2Cc2c(F)cccc2Cl)n(C)c1=O. The number of imidazole rings is 1. The van der Waals surface area contributed by atoms with Crippen LogP contribution in [0.15, 0.2) is 52.1 Å². The van der Waals surface area contributed by atoms with E-state index in [2.05, 4.69) is 4.98 Å². The highest BCUT2D eigenvalue weighted by Gasteiger charge is 2.32. The molecule has 0 bridgehead atoms. The highest BCUT2D eigenvalue weighted by Crippen LogP contribution is 2.32. The number of fused-ring (bicyclic) bond motifs is 1. The van der Waals surface area contributed by atoms with Gasteiger partial charge in [-0.15, -0.1) is 0 Å². The maximum absolute atomic E-state index is 14.7. The lowest BCUT2D eigenvalue weighted by Gasteiger charge is -2.37. The fourth-order valence-corrected chi connectivity index (χ4v) is 4.93. The van der Waals surface area contributed by atoms with Crippen molar-refractivity contribution in [2.24, 2.45) is 14.1 Å². The molecule has 0 aliphatic carbocycles. The Morgan fingerprint density at radius 3 is 2.26 bits per heavy atom. The average Bonchev–Trinajstić information content (AvgIpc) is 3.27. The normalized spacial score (nSPS) is 14.5. The summed E-state index contributed by atoms with van der Waals surface area (Å²) in [5, 5.41) is 0.175. The highest BCUT2D eigenvalue weighted by atomic mass is 35.5. The Hall–Kier alpha value is -3.80. The van der Waals surface area contributed by atoms with Crippen LogP contribution in [0.25, 0.3) is 11.2 Å².